The first-order valence-corrected chi connectivity index (χ1v) is 9.84. The van der Waals surface area contributed by atoms with Crippen LogP contribution < -0.4 is 10.6 Å². The van der Waals surface area contributed by atoms with Crippen molar-refractivity contribution in [3.05, 3.63) is 65.6 Å². The van der Waals surface area contributed by atoms with Crippen molar-refractivity contribution in [1.29, 1.82) is 0 Å². The summed E-state index contributed by atoms with van der Waals surface area (Å²) in [6.07, 6.45) is 0. The van der Waals surface area contributed by atoms with E-state index in [1.807, 2.05) is 36.6 Å². The molecule has 7 heteroatoms. The number of hydrogen-bond acceptors (Lipinski definition) is 3. The Kier molecular flexibility index (Phi) is 6.84. The number of ether oxygens (including phenoxy) is 1. The molecule has 0 bridgehead atoms. The Bertz CT molecular complexity index is 1040. The molecular weight excluding hydrogens is 385 g/mol. The number of amides is 2. The second kappa shape index (κ2) is 9.54. The van der Waals surface area contributed by atoms with E-state index >= 15 is 0 Å². The van der Waals surface area contributed by atoms with Crippen molar-refractivity contribution in [2.45, 2.75) is 20.4 Å². The van der Waals surface area contributed by atoms with E-state index in [1.165, 1.54) is 12.1 Å². The third-order valence-electron chi connectivity index (χ3n) is 4.77. The van der Waals surface area contributed by atoms with Crippen molar-refractivity contribution in [3.63, 3.8) is 0 Å². The molecular formula is C23H26FN3O3. The van der Waals surface area contributed by atoms with Gasteiger partial charge in [0.15, 0.2) is 0 Å². The summed E-state index contributed by atoms with van der Waals surface area (Å²) < 4.78 is 20.2. The minimum atomic E-state index is -0.306. The number of rotatable bonds is 8. The zero-order valence-corrected chi connectivity index (χ0v) is 17.4. The van der Waals surface area contributed by atoms with Gasteiger partial charge >= 0.3 is 0 Å². The van der Waals surface area contributed by atoms with Crippen LogP contribution >= 0.6 is 0 Å². The Morgan fingerprint density at radius 1 is 1.10 bits per heavy atom. The summed E-state index contributed by atoms with van der Waals surface area (Å²) in [4.78, 5) is 24.8. The molecule has 0 aliphatic heterocycles. The number of fused-ring (bicyclic) bond motifs is 1. The van der Waals surface area contributed by atoms with Crippen molar-refractivity contribution in [2.75, 3.05) is 25.6 Å². The number of methoxy groups -OCH3 is 1. The molecule has 0 fully saturated rings. The summed E-state index contributed by atoms with van der Waals surface area (Å²) in [6, 6.07) is 13.5. The van der Waals surface area contributed by atoms with Crippen LogP contribution in [-0.4, -0.2) is 36.6 Å². The zero-order chi connectivity index (χ0) is 21.7. The van der Waals surface area contributed by atoms with Crippen molar-refractivity contribution in [2.24, 2.45) is 5.92 Å². The SMILES string of the molecule is COCCNC(=O)c1cc2cc(NC(=O)C(C)C)ccc2n1Cc1ccc(F)cc1. The van der Waals surface area contributed by atoms with Crippen LogP contribution in [0.25, 0.3) is 10.9 Å². The van der Waals surface area contributed by atoms with Crippen molar-refractivity contribution < 1.29 is 18.7 Å². The predicted molar refractivity (Wildman–Crippen MR) is 115 cm³/mol. The fourth-order valence-electron chi connectivity index (χ4n) is 3.12. The highest BCUT2D eigenvalue weighted by Gasteiger charge is 2.17. The lowest BCUT2D eigenvalue weighted by Crippen LogP contribution is -2.29. The van der Waals surface area contributed by atoms with Gasteiger partial charge in [-0.15, -0.1) is 0 Å². The predicted octanol–water partition coefficient (Wildman–Crippen LogP) is 3.80. The van der Waals surface area contributed by atoms with Crippen LogP contribution in [0.4, 0.5) is 10.1 Å². The standard InChI is InChI=1S/C23H26FN3O3/c1-15(2)22(28)26-19-8-9-20-17(12-19)13-21(23(29)25-10-11-30-3)27(20)14-16-4-6-18(24)7-5-16/h4-9,12-13,15H,10-11,14H2,1-3H3,(H,25,29)(H,26,28). The molecule has 0 saturated heterocycles. The molecule has 1 aromatic heterocycles. The lowest BCUT2D eigenvalue weighted by Gasteiger charge is -2.12. The average molecular weight is 411 g/mol. The molecule has 2 amide bonds. The summed E-state index contributed by atoms with van der Waals surface area (Å²) in [5.41, 5.74) is 2.88. The number of hydrogen-bond donors (Lipinski definition) is 2. The first kappa shape index (κ1) is 21.5. The molecule has 2 aromatic carbocycles. The van der Waals surface area contributed by atoms with Crippen molar-refractivity contribution in [3.8, 4) is 0 Å². The Labute approximate surface area is 175 Å². The van der Waals surface area contributed by atoms with E-state index < -0.39 is 0 Å². The number of halogens is 1. The van der Waals surface area contributed by atoms with E-state index in [-0.39, 0.29) is 23.5 Å². The maximum atomic E-state index is 13.3. The van der Waals surface area contributed by atoms with Crippen LogP contribution in [0.3, 0.4) is 0 Å². The molecule has 1 heterocycles. The molecule has 0 atom stereocenters. The van der Waals surface area contributed by atoms with E-state index in [0.29, 0.717) is 31.1 Å². The Hall–Kier alpha value is -3.19. The third-order valence-corrected chi connectivity index (χ3v) is 4.77. The summed E-state index contributed by atoms with van der Waals surface area (Å²) >= 11 is 0. The molecule has 0 aliphatic carbocycles. The maximum Gasteiger partial charge on any atom is 0.268 e. The number of benzene rings is 2. The van der Waals surface area contributed by atoms with E-state index in [4.69, 9.17) is 4.74 Å². The van der Waals surface area contributed by atoms with E-state index in [0.717, 1.165) is 16.5 Å². The smallest absolute Gasteiger partial charge is 0.268 e. The normalized spacial score (nSPS) is 11.1. The Morgan fingerprint density at radius 2 is 1.83 bits per heavy atom. The monoisotopic (exact) mass is 411 g/mol. The van der Waals surface area contributed by atoms with Crippen LogP contribution in [-0.2, 0) is 16.1 Å². The van der Waals surface area contributed by atoms with Crippen molar-refractivity contribution in [1.82, 2.24) is 9.88 Å². The molecule has 3 aromatic rings. The van der Waals surface area contributed by atoms with Gasteiger partial charge in [-0.1, -0.05) is 26.0 Å². The second-order valence-corrected chi connectivity index (χ2v) is 7.41. The summed E-state index contributed by atoms with van der Waals surface area (Å²) in [5, 5.41) is 6.55. The summed E-state index contributed by atoms with van der Waals surface area (Å²) in [6.45, 7) is 4.87. The Morgan fingerprint density at radius 3 is 2.50 bits per heavy atom. The fourth-order valence-corrected chi connectivity index (χ4v) is 3.12. The Balaban J connectivity index is 1.98. The van der Waals surface area contributed by atoms with E-state index in [9.17, 15) is 14.0 Å². The number of carbonyl (C=O) groups is 2. The van der Waals surface area contributed by atoms with Gasteiger partial charge in [-0.3, -0.25) is 9.59 Å². The highest BCUT2D eigenvalue weighted by Crippen LogP contribution is 2.25. The maximum absolute atomic E-state index is 13.3. The summed E-state index contributed by atoms with van der Waals surface area (Å²) in [7, 11) is 1.57. The number of aromatic nitrogens is 1. The van der Waals surface area contributed by atoms with Gasteiger partial charge in [0.25, 0.3) is 5.91 Å². The molecule has 2 N–H and O–H groups in total. The van der Waals surface area contributed by atoms with Gasteiger partial charge in [0.05, 0.1) is 6.61 Å². The molecule has 0 unspecified atom stereocenters. The number of nitrogens with zero attached hydrogens (tertiary/aromatic N) is 1. The molecule has 6 nitrogen and oxygen atoms in total. The van der Waals surface area contributed by atoms with Crippen molar-refractivity contribution >= 4 is 28.4 Å². The van der Waals surface area contributed by atoms with Crippen LogP contribution in [0, 0.1) is 11.7 Å². The molecule has 0 radical (unpaired) electrons. The topological polar surface area (TPSA) is 72.4 Å². The largest absolute Gasteiger partial charge is 0.383 e. The van der Waals surface area contributed by atoms with Gasteiger partial charge in [0.1, 0.15) is 11.5 Å². The van der Waals surface area contributed by atoms with Gasteiger partial charge < -0.3 is 19.9 Å². The van der Waals surface area contributed by atoms with Crippen LogP contribution in [0.1, 0.15) is 29.9 Å². The quantitative estimate of drug-likeness (QED) is 0.554. The minimum Gasteiger partial charge on any atom is -0.383 e. The third kappa shape index (κ3) is 5.04. The number of anilines is 1. The zero-order valence-electron chi connectivity index (χ0n) is 17.4. The highest BCUT2D eigenvalue weighted by atomic mass is 19.1. The van der Waals surface area contributed by atoms with Gasteiger partial charge in [0, 0.05) is 42.7 Å². The molecule has 0 spiro atoms. The van der Waals surface area contributed by atoms with Crippen LogP contribution in [0.15, 0.2) is 48.5 Å². The number of carbonyl (C=O) groups excluding carboxylic acids is 2. The van der Waals surface area contributed by atoms with Gasteiger partial charge in [-0.25, -0.2) is 4.39 Å². The van der Waals surface area contributed by atoms with Gasteiger partial charge in [0.2, 0.25) is 5.91 Å². The fraction of sp³-hybridized carbons (Fsp3) is 0.304. The number of nitrogens with one attached hydrogen (secondary N) is 2. The molecule has 0 saturated carbocycles. The molecule has 30 heavy (non-hydrogen) atoms. The second-order valence-electron chi connectivity index (χ2n) is 7.41. The lowest BCUT2D eigenvalue weighted by atomic mass is 10.2. The van der Waals surface area contributed by atoms with E-state index in [1.54, 1.807) is 25.3 Å². The van der Waals surface area contributed by atoms with Gasteiger partial charge in [-0.2, -0.15) is 0 Å². The average Bonchev–Trinajstić information content (AvgIpc) is 3.07. The first-order valence-electron chi connectivity index (χ1n) is 9.84. The van der Waals surface area contributed by atoms with Crippen LogP contribution in [0.2, 0.25) is 0 Å². The molecule has 158 valence electrons. The summed E-state index contributed by atoms with van der Waals surface area (Å²) in [5.74, 6) is -0.735. The van der Waals surface area contributed by atoms with E-state index in [2.05, 4.69) is 10.6 Å². The molecule has 3 rings (SSSR count). The van der Waals surface area contributed by atoms with Gasteiger partial charge in [-0.05, 0) is 42.0 Å². The van der Waals surface area contributed by atoms with Crippen LogP contribution in [0.5, 0.6) is 0 Å². The minimum absolute atomic E-state index is 0.0716. The molecule has 0 aliphatic rings. The lowest BCUT2D eigenvalue weighted by molar-refractivity contribution is -0.118. The first-order chi connectivity index (χ1) is 14.4. The highest BCUT2D eigenvalue weighted by molar-refractivity contribution is 6.00.